The second kappa shape index (κ2) is 14.6. The summed E-state index contributed by atoms with van der Waals surface area (Å²) in [6.07, 6.45) is 10.5. The SMILES string of the molecule is CC=C=C(/C=C(/C)Nc1cccc(OC(F)F)c1)CC1=CCCNCC1.CCC. The molecule has 0 amide bonds. The molecule has 0 spiro atoms. The highest BCUT2D eigenvalue weighted by molar-refractivity contribution is 5.52. The topological polar surface area (TPSA) is 33.3 Å². The van der Waals surface area contributed by atoms with Gasteiger partial charge in [0.05, 0.1) is 0 Å². The fraction of sp³-hybridized carbons (Fsp3) is 0.458. The number of allylic oxidation sites excluding steroid dienone is 3. The summed E-state index contributed by atoms with van der Waals surface area (Å²) in [5.74, 6) is 0.137. The molecule has 0 unspecified atom stereocenters. The van der Waals surface area contributed by atoms with Gasteiger partial charge in [-0.1, -0.05) is 38.0 Å². The molecule has 1 aliphatic heterocycles. The molecular formula is C24H34F2N2O. The lowest BCUT2D eigenvalue weighted by Gasteiger charge is -2.11. The van der Waals surface area contributed by atoms with Crippen LogP contribution in [0.1, 0.15) is 53.4 Å². The molecule has 0 fully saturated rings. The summed E-state index contributed by atoms with van der Waals surface area (Å²) >= 11 is 0. The maximum absolute atomic E-state index is 12.3. The van der Waals surface area contributed by atoms with Crippen molar-refractivity contribution in [3.63, 3.8) is 0 Å². The number of anilines is 1. The molecule has 1 heterocycles. The van der Waals surface area contributed by atoms with Gasteiger partial charge in [-0.3, -0.25) is 0 Å². The average Bonchev–Trinajstić information content (AvgIpc) is 2.91. The molecule has 0 saturated carbocycles. The first-order chi connectivity index (χ1) is 14.0. The first kappa shape index (κ1) is 24.7. The molecule has 1 aromatic rings. The quantitative estimate of drug-likeness (QED) is 0.297. The van der Waals surface area contributed by atoms with Crippen LogP contribution in [0, 0.1) is 0 Å². The normalized spacial score (nSPS) is 14.0. The van der Waals surface area contributed by atoms with Crippen LogP contribution in [0.15, 0.2) is 65.1 Å². The van der Waals surface area contributed by atoms with Gasteiger partial charge in [-0.2, -0.15) is 8.78 Å². The number of hydrogen-bond acceptors (Lipinski definition) is 3. The number of benzene rings is 1. The standard InChI is InChI=1S/C21H26F2N2O.C3H8/c1-3-6-18(14-17-7-5-11-24-12-10-17)13-16(2)25-19-8-4-9-20(15-19)26-21(22)23;1-3-2/h3-4,7-9,13,15,21,24-25H,5,10-12,14H2,1-2H3;3H2,1-2H3/b16-13-;. The van der Waals surface area contributed by atoms with Gasteiger partial charge in [0.2, 0.25) is 0 Å². The maximum atomic E-state index is 12.3. The highest BCUT2D eigenvalue weighted by Crippen LogP contribution is 2.22. The Morgan fingerprint density at radius 3 is 2.76 bits per heavy atom. The second-order valence-electron chi connectivity index (χ2n) is 6.85. The minimum atomic E-state index is -2.83. The van der Waals surface area contributed by atoms with E-state index in [1.54, 1.807) is 12.1 Å². The van der Waals surface area contributed by atoms with Crippen molar-refractivity contribution in [1.82, 2.24) is 5.32 Å². The van der Waals surface area contributed by atoms with Gasteiger partial charge in [0, 0.05) is 23.9 Å². The van der Waals surface area contributed by atoms with Crippen molar-refractivity contribution < 1.29 is 13.5 Å². The second-order valence-corrected chi connectivity index (χ2v) is 6.85. The first-order valence-electron chi connectivity index (χ1n) is 10.3. The number of alkyl halides is 2. The van der Waals surface area contributed by atoms with E-state index in [2.05, 4.69) is 41.0 Å². The van der Waals surface area contributed by atoms with Crippen molar-refractivity contribution in [1.29, 1.82) is 0 Å². The zero-order valence-corrected chi connectivity index (χ0v) is 18.0. The van der Waals surface area contributed by atoms with Crippen LogP contribution in [-0.4, -0.2) is 19.7 Å². The van der Waals surface area contributed by atoms with Crippen LogP contribution in [0.25, 0.3) is 0 Å². The van der Waals surface area contributed by atoms with E-state index in [0.717, 1.165) is 43.6 Å². The summed E-state index contributed by atoms with van der Waals surface area (Å²) in [6, 6.07) is 6.56. The predicted molar refractivity (Wildman–Crippen MR) is 118 cm³/mol. The Morgan fingerprint density at radius 2 is 2.07 bits per heavy atom. The molecule has 0 radical (unpaired) electrons. The average molecular weight is 405 g/mol. The summed E-state index contributed by atoms with van der Waals surface area (Å²) in [5.41, 5.74) is 7.41. The number of hydrogen-bond donors (Lipinski definition) is 2. The third-order valence-corrected chi connectivity index (χ3v) is 3.92. The van der Waals surface area contributed by atoms with Crippen molar-refractivity contribution in [2.45, 2.75) is 60.0 Å². The Morgan fingerprint density at radius 1 is 1.31 bits per heavy atom. The molecule has 160 valence electrons. The molecule has 0 bridgehead atoms. The smallest absolute Gasteiger partial charge is 0.387 e. The zero-order chi connectivity index (χ0) is 21.5. The molecule has 0 aliphatic carbocycles. The summed E-state index contributed by atoms with van der Waals surface area (Å²) in [4.78, 5) is 0. The monoisotopic (exact) mass is 404 g/mol. The Labute approximate surface area is 174 Å². The van der Waals surface area contributed by atoms with Crippen molar-refractivity contribution >= 4 is 5.69 Å². The molecule has 1 aromatic carbocycles. The Kier molecular flexibility index (Phi) is 12.4. The largest absolute Gasteiger partial charge is 0.435 e. The van der Waals surface area contributed by atoms with Crippen LogP contribution in [0.2, 0.25) is 0 Å². The Balaban J connectivity index is 0.00000132. The molecule has 1 aliphatic rings. The van der Waals surface area contributed by atoms with E-state index < -0.39 is 6.61 Å². The fourth-order valence-corrected chi connectivity index (χ4v) is 2.86. The molecule has 2 rings (SSSR count). The van der Waals surface area contributed by atoms with Gasteiger partial charge in [-0.05, 0) is 69.6 Å². The van der Waals surface area contributed by atoms with Crippen LogP contribution >= 0.6 is 0 Å². The van der Waals surface area contributed by atoms with E-state index in [1.807, 2.05) is 32.1 Å². The van der Waals surface area contributed by atoms with Gasteiger partial charge >= 0.3 is 6.61 Å². The maximum Gasteiger partial charge on any atom is 0.387 e. The molecule has 5 heteroatoms. The van der Waals surface area contributed by atoms with Crippen LogP contribution in [0.3, 0.4) is 0 Å². The lowest BCUT2D eigenvalue weighted by Crippen LogP contribution is -2.13. The van der Waals surface area contributed by atoms with Gasteiger partial charge in [-0.25, -0.2) is 0 Å². The van der Waals surface area contributed by atoms with Crippen molar-refractivity contribution in [3.05, 3.63) is 65.1 Å². The van der Waals surface area contributed by atoms with Gasteiger partial charge in [-0.15, -0.1) is 5.73 Å². The molecule has 2 N–H and O–H groups in total. The van der Waals surface area contributed by atoms with Crippen LogP contribution in [0.4, 0.5) is 14.5 Å². The highest BCUT2D eigenvalue weighted by atomic mass is 19.3. The minimum absolute atomic E-state index is 0.137. The molecule has 0 aromatic heterocycles. The minimum Gasteiger partial charge on any atom is -0.435 e. The Hall–Kier alpha value is -2.36. The summed E-state index contributed by atoms with van der Waals surface area (Å²) in [5, 5.41) is 6.62. The molecule has 0 atom stereocenters. The fourth-order valence-electron chi connectivity index (χ4n) is 2.86. The van der Waals surface area contributed by atoms with Crippen molar-refractivity contribution in [3.8, 4) is 5.75 Å². The van der Waals surface area contributed by atoms with E-state index in [4.69, 9.17) is 0 Å². The molecule has 3 nitrogen and oxygen atoms in total. The summed E-state index contributed by atoms with van der Waals surface area (Å²) < 4.78 is 29.1. The van der Waals surface area contributed by atoms with Gasteiger partial charge in [0.25, 0.3) is 0 Å². The molecule has 29 heavy (non-hydrogen) atoms. The third-order valence-electron chi connectivity index (χ3n) is 3.92. The number of nitrogens with one attached hydrogen (secondary N) is 2. The molecular weight excluding hydrogens is 370 g/mol. The van der Waals surface area contributed by atoms with E-state index in [-0.39, 0.29) is 5.75 Å². The summed E-state index contributed by atoms with van der Waals surface area (Å²) in [7, 11) is 0. The van der Waals surface area contributed by atoms with Gasteiger partial charge < -0.3 is 15.4 Å². The van der Waals surface area contributed by atoms with E-state index in [0.29, 0.717) is 5.69 Å². The number of ether oxygens (including phenoxy) is 1. The number of halogens is 2. The van der Waals surface area contributed by atoms with E-state index in [9.17, 15) is 8.78 Å². The van der Waals surface area contributed by atoms with Crippen molar-refractivity contribution in [2.75, 3.05) is 18.4 Å². The van der Waals surface area contributed by atoms with E-state index >= 15 is 0 Å². The molecule has 0 saturated heterocycles. The third kappa shape index (κ3) is 11.3. The van der Waals surface area contributed by atoms with Crippen molar-refractivity contribution in [2.24, 2.45) is 0 Å². The van der Waals surface area contributed by atoms with Gasteiger partial charge in [0.1, 0.15) is 5.75 Å². The number of rotatable bonds is 7. The van der Waals surface area contributed by atoms with Crippen LogP contribution in [0.5, 0.6) is 5.75 Å². The van der Waals surface area contributed by atoms with Gasteiger partial charge in [0.15, 0.2) is 0 Å². The predicted octanol–water partition coefficient (Wildman–Crippen LogP) is 6.82. The first-order valence-corrected chi connectivity index (χ1v) is 10.3. The van der Waals surface area contributed by atoms with Crippen LogP contribution in [-0.2, 0) is 0 Å². The lowest BCUT2D eigenvalue weighted by molar-refractivity contribution is -0.0498. The lowest BCUT2D eigenvalue weighted by atomic mass is 10.0. The highest BCUT2D eigenvalue weighted by Gasteiger charge is 2.06. The zero-order valence-electron chi connectivity index (χ0n) is 18.0. The summed E-state index contributed by atoms with van der Waals surface area (Å²) in [6.45, 7) is 7.35. The van der Waals surface area contributed by atoms with E-state index in [1.165, 1.54) is 18.1 Å². The van der Waals surface area contributed by atoms with Crippen LogP contribution < -0.4 is 15.4 Å². The Bertz CT molecular complexity index is 732.